The summed E-state index contributed by atoms with van der Waals surface area (Å²) in [4.78, 5) is 12.4. The summed E-state index contributed by atoms with van der Waals surface area (Å²) >= 11 is 0. The molecule has 0 aliphatic heterocycles. The van der Waals surface area contributed by atoms with Crippen molar-refractivity contribution >= 4 is 5.91 Å². The van der Waals surface area contributed by atoms with Gasteiger partial charge in [-0.1, -0.05) is 54.6 Å². The van der Waals surface area contributed by atoms with Crippen LogP contribution in [0.4, 0.5) is 0 Å². The number of rotatable bonds is 3. The lowest BCUT2D eigenvalue weighted by Crippen LogP contribution is -2.40. The van der Waals surface area contributed by atoms with Gasteiger partial charge >= 0.3 is 0 Å². The molecule has 108 valence electrons. The molecule has 3 heteroatoms. The molecule has 0 saturated carbocycles. The number of hydrogen-bond donors (Lipinski definition) is 2. The molecule has 3 atom stereocenters. The number of aliphatic hydroxyl groups excluding tert-OH is 1. The van der Waals surface area contributed by atoms with Gasteiger partial charge in [-0.2, -0.15) is 0 Å². The van der Waals surface area contributed by atoms with Crippen LogP contribution in [0.25, 0.3) is 0 Å². The van der Waals surface area contributed by atoms with Gasteiger partial charge in [0.15, 0.2) is 0 Å². The second kappa shape index (κ2) is 5.70. The fourth-order valence-electron chi connectivity index (χ4n) is 2.90. The van der Waals surface area contributed by atoms with Crippen molar-refractivity contribution in [2.24, 2.45) is 0 Å². The van der Waals surface area contributed by atoms with Crippen LogP contribution in [-0.2, 0) is 11.2 Å². The molecular formula is C18H19NO2. The Labute approximate surface area is 124 Å². The highest BCUT2D eigenvalue weighted by atomic mass is 16.3. The summed E-state index contributed by atoms with van der Waals surface area (Å²) in [7, 11) is 0. The summed E-state index contributed by atoms with van der Waals surface area (Å²) in [5.74, 6) is -0.264. The van der Waals surface area contributed by atoms with Crippen LogP contribution in [0, 0.1) is 0 Å². The van der Waals surface area contributed by atoms with Crippen molar-refractivity contribution in [2.75, 3.05) is 0 Å². The minimum atomic E-state index is -0.617. The molecule has 1 aliphatic carbocycles. The number of nitrogens with one attached hydrogen (secondary N) is 1. The van der Waals surface area contributed by atoms with Crippen molar-refractivity contribution in [3.8, 4) is 0 Å². The van der Waals surface area contributed by atoms with E-state index in [0.29, 0.717) is 6.42 Å². The van der Waals surface area contributed by atoms with E-state index in [1.54, 1.807) is 0 Å². The third-order valence-electron chi connectivity index (χ3n) is 4.22. The van der Waals surface area contributed by atoms with Crippen LogP contribution in [0.5, 0.6) is 0 Å². The van der Waals surface area contributed by atoms with Crippen molar-refractivity contribution < 1.29 is 9.90 Å². The van der Waals surface area contributed by atoms with E-state index in [4.69, 9.17) is 0 Å². The van der Waals surface area contributed by atoms with Crippen LogP contribution >= 0.6 is 0 Å². The third kappa shape index (κ3) is 2.69. The van der Waals surface area contributed by atoms with Crippen molar-refractivity contribution in [3.05, 3.63) is 71.3 Å². The summed E-state index contributed by atoms with van der Waals surface area (Å²) in [5.41, 5.74) is 3.03. The first kappa shape index (κ1) is 13.8. The van der Waals surface area contributed by atoms with Crippen LogP contribution in [-0.4, -0.2) is 17.1 Å². The SMILES string of the molecule is C[C@@H](C(=O)N[C@H]1Cc2ccccc2[C@@H]1O)c1ccccc1. The summed E-state index contributed by atoms with van der Waals surface area (Å²) in [6.07, 6.45) is 0.0676. The second-order valence-corrected chi connectivity index (χ2v) is 5.60. The Hall–Kier alpha value is -2.13. The molecule has 1 amide bonds. The van der Waals surface area contributed by atoms with Gasteiger partial charge in [-0.3, -0.25) is 4.79 Å². The van der Waals surface area contributed by atoms with Crippen LogP contribution in [0.2, 0.25) is 0 Å². The molecule has 0 heterocycles. The first-order valence-electron chi connectivity index (χ1n) is 7.28. The summed E-state index contributed by atoms with van der Waals surface area (Å²) < 4.78 is 0. The zero-order valence-corrected chi connectivity index (χ0v) is 12.0. The number of amides is 1. The van der Waals surface area contributed by atoms with Gasteiger partial charge in [0.1, 0.15) is 0 Å². The van der Waals surface area contributed by atoms with Gasteiger partial charge < -0.3 is 10.4 Å². The van der Waals surface area contributed by atoms with Gasteiger partial charge in [0.05, 0.1) is 18.1 Å². The molecule has 0 radical (unpaired) electrons. The Balaban J connectivity index is 1.70. The highest BCUT2D eigenvalue weighted by Crippen LogP contribution is 2.31. The number of hydrogen-bond acceptors (Lipinski definition) is 2. The number of carbonyl (C=O) groups is 1. The van der Waals surface area contributed by atoms with E-state index in [2.05, 4.69) is 5.32 Å². The number of benzene rings is 2. The average molecular weight is 281 g/mol. The molecule has 2 N–H and O–H groups in total. The van der Waals surface area contributed by atoms with E-state index < -0.39 is 6.10 Å². The molecule has 3 nitrogen and oxygen atoms in total. The van der Waals surface area contributed by atoms with Gasteiger partial charge in [0, 0.05) is 0 Å². The highest BCUT2D eigenvalue weighted by molar-refractivity contribution is 5.83. The van der Waals surface area contributed by atoms with Crippen molar-refractivity contribution in [2.45, 2.75) is 31.4 Å². The normalized spacial score (nSPS) is 21.6. The fourth-order valence-corrected chi connectivity index (χ4v) is 2.90. The maximum absolute atomic E-state index is 12.4. The number of fused-ring (bicyclic) bond motifs is 1. The van der Waals surface area contributed by atoms with E-state index in [1.807, 2.05) is 61.5 Å². The number of aliphatic hydroxyl groups is 1. The monoisotopic (exact) mass is 281 g/mol. The lowest BCUT2D eigenvalue weighted by molar-refractivity contribution is -0.123. The molecule has 0 spiro atoms. The van der Waals surface area contributed by atoms with E-state index in [9.17, 15) is 9.90 Å². The quantitative estimate of drug-likeness (QED) is 0.908. The second-order valence-electron chi connectivity index (χ2n) is 5.60. The van der Waals surface area contributed by atoms with E-state index in [-0.39, 0.29) is 17.9 Å². The largest absolute Gasteiger partial charge is 0.386 e. The van der Waals surface area contributed by atoms with Gasteiger partial charge in [0.2, 0.25) is 5.91 Å². The summed E-state index contributed by atoms with van der Waals surface area (Å²) in [6.45, 7) is 1.89. The molecule has 21 heavy (non-hydrogen) atoms. The lowest BCUT2D eigenvalue weighted by atomic mass is 10.00. The molecule has 0 aromatic heterocycles. The first-order valence-corrected chi connectivity index (χ1v) is 7.28. The maximum atomic E-state index is 12.4. The molecular weight excluding hydrogens is 262 g/mol. The van der Waals surface area contributed by atoms with Gasteiger partial charge in [-0.25, -0.2) is 0 Å². The van der Waals surface area contributed by atoms with Crippen LogP contribution in [0.3, 0.4) is 0 Å². The van der Waals surface area contributed by atoms with Crippen LogP contribution in [0.15, 0.2) is 54.6 Å². The van der Waals surface area contributed by atoms with Crippen LogP contribution in [0.1, 0.15) is 35.6 Å². The van der Waals surface area contributed by atoms with Crippen LogP contribution < -0.4 is 5.32 Å². The summed E-state index contributed by atoms with van der Waals surface area (Å²) in [5, 5.41) is 13.3. The maximum Gasteiger partial charge on any atom is 0.227 e. The molecule has 0 saturated heterocycles. The number of carbonyl (C=O) groups excluding carboxylic acids is 1. The molecule has 3 rings (SSSR count). The Morgan fingerprint density at radius 2 is 1.81 bits per heavy atom. The minimum Gasteiger partial charge on any atom is -0.386 e. The zero-order chi connectivity index (χ0) is 14.8. The lowest BCUT2D eigenvalue weighted by Gasteiger charge is -2.20. The zero-order valence-electron chi connectivity index (χ0n) is 12.0. The Morgan fingerprint density at radius 3 is 2.52 bits per heavy atom. The molecule has 0 bridgehead atoms. The standard InChI is InChI=1S/C18H19NO2/c1-12(13-7-3-2-4-8-13)18(21)19-16-11-14-9-5-6-10-15(14)17(16)20/h2-10,12,16-17,20H,11H2,1H3,(H,19,21)/t12-,16+,17+/m1/s1. The minimum absolute atomic E-state index is 0.0435. The van der Waals surface area contributed by atoms with Crippen molar-refractivity contribution in [3.63, 3.8) is 0 Å². The smallest absolute Gasteiger partial charge is 0.227 e. The average Bonchev–Trinajstić information content (AvgIpc) is 2.84. The molecule has 2 aromatic carbocycles. The highest BCUT2D eigenvalue weighted by Gasteiger charge is 2.32. The predicted octanol–water partition coefficient (Wildman–Crippen LogP) is 2.56. The van der Waals surface area contributed by atoms with Crippen molar-refractivity contribution in [1.29, 1.82) is 0 Å². The molecule has 0 fully saturated rings. The third-order valence-corrected chi connectivity index (χ3v) is 4.22. The molecule has 0 unspecified atom stereocenters. The Kier molecular flexibility index (Phi) is 3.76. The molecule has 2 aromatic rings. The molecule has 1 aliphatic rings. The Bertz CT molecular complexity index is 639. The van der Waals surface area contributed by atoms with E-state index in [0.717, 1.165) is 16.7 Å². The predicted molar refractivity (Wildman–Crippen MR) is 81.9 cm³/mol. The Morgan fingerprint density at radius 1 is 1.14 bits per heavy atom. The van der Waals surface area contributed by atoms with E-state index >= 15 is 0 Å². The fraction of sp³-hybridized carbons (Fsp3) is 0.278. The van der Waals surface area contributed by atoms with Crippen molar-refractivity contribution in [1.82, 2.24) is 5.32 Å². The summed E-state index contributed by atoms with van der Waals surface area (Å²) in [6, 6.07) is 17.3. The van der Waals surface area contributed by atoms with Gasteiger partial charge in [-0.05, 0) is 30.0 Å². The first-order chi connectivity index (χ1) is 10.2. The topological polar surface area (TPSA) is 49.3 Å². The van der Waals surface area contributed by atoms with Gasteiger partial charge in [0.25, 0.3) is 0 Å². The van der Waals surface area contributed by atoms with E-state index in [1.165, 1.54) is 0 Å². The van der Waals surface area contributed by atoms with Gasteiger partial charge in [-0.15, -0.1) is 0 Å².